The van der Waals surface area contributed by atoms with E-state index >= 15 is 0 Å². The predicted molar refractivity (Wildman–Crippen MR) is 144 cm³/mol. The van der Waals surface area contributed by atoms with E-state index in [9.17, 15) is 14.4 Å². The molecule has 196 valence electrons. The number of amides is 3. The first-order valence-corrected chi connectivity index (χ1v) is 13.8. The van der Waals surface area contributed by atoms with E-state index in [1.807, 2.05) is 13.0 Å². The van der Waals surface area contributed by atoms with E-state index in [1.54, 1.807) is 18.2 Å². The number of hydrogen-bond acceptors (Lipinski definition) is 6. The van der Waals surface area contributed by atoms with Crippen molar-refractivity contribution in [3.8, 4) is 0 Å². The van der Waals surface area contributed by atoms with Gasteiger partial charge < -0.3 is 25.8 Å². The summed E-state index contributed by atoms with van der Waals surface area (Å²) in [5.74, 6) is -0.776. The molecule has 3 aromatic rings. The van der Waals surface area contributed by atoms with E-state index in [0.29, 0.717) is 41.5 Å². The lowest BCUT2D eigenvalue weighted by molar-refractivity contribution is -0.126. The number of aromatic amines is 1. The Bertz CT molecular complexity index is 1340. The second kappa shape index (κ2) is 10.8. The molecule has 1 aliphatic heterocycles. The van der Waals surface area contributed by atoms with Crippen LogP contribution < -0.4 is 16.0 Å². The van der Waals surface area contributed by atoms with Crippen molar-refractivity contribution >= 4 is 51.6 Å². The van der Waals surface area contributed by atoms with E-state index in [0.717, 1.165) is 41.0 Å². The van der Waals surface area contributed by atoms with Crippen molar-refractivity contribution in [2.75, 3.05) is 20.1 Å². The summed E-state index contributed by atoms with van der Waals surface area (Å²) >= 11 is 7.51. The molecule has 2 aliphatic rings. The van der Waals surface area contributed by atoms with Crippen LogP contribution in [0, 0.1) is 5.92 Å². The Balaban J connectivity index is 1.33. The summed E-state index contributed by atoms with van der Waals surface area (Å²) in [4.78, 5) is 50.1. The number of rotatable bonds is 6. The van der Waals surface area contributed by atoms with E-state index in [2.05, 4.69) is 37.9 Å². The Labute approximate surface area is 224 Å². The number of H-pyrrole nitrogens is 1. The number of benzene rings is 1. The smallest absolute Gasteiger partial charge is 0.280 e. The predicted octanol–water partition coefficient (Wildman–Crippen LogP) is 3.10. The van der Waals surface area contributed by atoms with Crippen LogP contribution in [-0.4, -0.2) is 64.8 Å². The number of carbonyl (C=O) groups is 3. The molecule has 11 heteroatoms. The molecule has 1 aliphatic carbocycles. The fourth-order valence-electron chi connectivity index (χ4n) is 5.18. The third kappa shape index (κ3) is 5.66. The molecule has 0 radical (unpaired) electrons. The molecule has 3 atom stereocenters. The fraction of sp³-hybridized carbons (Fsp3) is 0.462. The zero-order valence-corrected chi connectivity index (χ0v) is 22.5. The number of carbonyl (C=O) groups excluding carboxylic acids is 3. The van der Waals surface area contributed by atoms with Crippen LogP contribution in [0.4, 0.5) is 0 Å². The number of nitrogens with zero attached hydrogens (tertiary/aromatic N) is 2. The molecule has 9 nitrogen and oxygen atoms in total. The molecular weight excluding hydrogens is 512 g/mol. The summed E-state index contributed by atoms with van der Waals surface area (Å²) in [6.45, 7) is 4.15. The van der Waals surface area contributed by atoms with E-state index in [1.165, 1.54) is 11.3 Å². The molecule has 0 saturated heterocycles. The van der Waals surface area contributed by atoms with Gasteiger partial charge in [-0.15, -0.1) is 11.3 Å². The highest BCUT2D eigenvalue weighted by Gasteiger charge is 2.36. The quantitative estimate of drug-likeness (QED) is 0.381. The first-order valence-electron chi connectivity index (χ1n) is 12.7. The molecule has 2 aromatic heterocycles. The third-order valence-electron chi connectivity index (χ3n) is 7.15. The summed E-state index contributed by atoms with van der Waals surface area (Å²) < 4.78 is 0. The number of fused-ring (bicyclic) bond motifs is 2. The van der Waals surface area contributed by atoms with Crippen LogP contribution in [-0.2, 0) is 17.8 Å². The van der Waals surface area contributed by atoms with E-state index < -0.39 is 6.04 Å². The van der Waals surface area contributed by atoms with E-state index in [4.69, 9.17) is 11.6 Å². The molecule has 0 bridgehead atoms. The van der Waals surface area contributed by atoms with Crippen LogP contribution in [0.5, 0.6) is 0 Å². The monoisotopic (exact) mass is 542 g/mol. The van der Waals surface area contributed by atoms with Crippen molar-refractivity contribution in [2.45, 2.75) is 51.2 Å². The van der Waals surface area contributed by atoms with Gasteiger partial charge >= 0.3 is 0 Å². The second-order valence-electron chi connectivity index (χ2n) is 9.86. The maximum atomic E-state index is 13.3. The zero-order valence-electron chi connectivity index (χ0n) is 20.9. The summed E-state index contributed by atoms with van der Waals surface area (Å²) in [7, 11) is 2.06. The minimum absolute atomic E-state index is 0.0215. The van der Waals surface area contributed by atoms with Gasteiger partial charge in [0.1, 0.15) is 5.69 Å². The van der Waals surface area contributed by atoms with Crippen molar-refractivity contribution < 1.29 is 14.4 Å². The van der Waals surface area contributed by atoms with Crippen molar-refractivity contribution in [1.82, 2.24) is 30.8 Å². The Morgan fingerprint density at radius 3 is 2.78 bits per heavy atom. The maximum absolute atomic E-state index is 13.3. The largest absolute Gasteiger partial charge is 0.356 e. The molecule has 1 fully saturated rings. The molecular formula is C26H31ClN6O3S. The number of thiazole rings is 1. The van der Waals surface area contributed by atoms with Crippen molar-refractivity contribution in [3.05, 3.63) is 50.6 Å². The van der Waals surface area contributed by atoms with Crippen molar-refractivity contribution in [2.24, 2.45) is 5.92 Å². The lowest BCUT2D eigenvalue weighted by Crippen LogP contribution is -2.56. The third-order valence-corrected chi connectivity index (χ3v) is 8.47. The number of halogens is 1. The van der Waals surface area contributed by atoms with Crippen LogP contribution in [0.25, 0.3) is 10.9 Å². The first-order chi connectivity index (χ1) is 17.8. The van der Waals surface area contributed by atoms with Gasteiger partial charge in [-0.05, 0) is 57.5 Å². The molecule has 3 heterocycles. The molecule has 1 aromatic carbocycles. The zero-order chi connectivity index (χ0) is 26.1. The van der Waals surface area contributed by atoms with Gasteiger partial charge in [0, 0.05) is 58.8 Å². The number of aromatic nitrogens is 2. The number of hydrogen-bond donors (Lipinski definition) is 4. The second-order valence-corrected chi connectivity index (χ2v) is 11.4. The van der Waals surface area contributed by atoms with Gasteiger partial charge in [0.2, 0.25) is 5.91 Å². The Morgan fingerprint density at radius 2 is 1.97 bits per heavy atom. The lowest BCUT2D eigenvalue weighted by Gasteiger charge is -2.36. The van der Waals surface area contributed by atoms with Crippen LogP contribution in [0.3, 0.4) is 0 Å². The lowest BCUT2D eigenvalue weighted by atomic mass is 9.81. The average molecular weight is 543 g/mol. The summed E-state index contributed by atoms with van der Waals surface area (Å²) in [6.07, 6.45) is 2.47. The van der Waals surface area contributed by atoms with Crippen LogP contribution in [0.15, 0.2) is 24.3 Å². The SMILES string of the molecule is CCNC(=O)[C@H]1CC[C@H](NC(=O)c2cc3cc(Cl)ccc3[nH]2)[C@H](NC(=O)c2nc3c(s2)CN(C)CC3)C1. The molecule has 1 saturated carbocycles. The minimum Gasteiger partial charge on any atom is -0.356 e. The topological polar surface area (TPSA) is 119 Å². The van der Waals surface area contributed by atoms with Crippen molar-refractivity contribution in [1.29, 1.82) is 0 Å². The Hall–Kier alpha value is -2.95. The summed E-state index contributed by atoms with van der Waals surface area (Å²) in [5, 5.41) is 11.0. The molecule has 3 amide bonds. The van der Waals surface area contributed by atoms with Gasteiger partial charge in [-0.3, -0.25) is 14.4 Å². The Kier molecular flexibility index (Phi) is 7.50. The van der Waals surface area contributed by atoms with Gasteiger partial charge in [0.15, 0.2) is 5.01 Å². The standard InChI is InChI=1S/C26H31ClN6O3S/c1-3-28-23(34)14-4-6-18(30-24(35)21-12-15-10-16(27)5-7-17(15)29-21)20(11-14)31-25(36)26-32-19-8-9-33(2)13-22(19)37-26/h5,7,10,12,14,18,20,29H,3-4,6,8-9,11,13H2,1-2H3,(H,28,34)(H,30,35)(H,31,36)/t14-,18-,20+/m0/s1. The highest BCUT2D eigenvalue weighted by atomic mass is 35.5. The first kappa shape index (κ1) is 25.7. The van der Waals surface area contributed by atoms with Crippen LogP contribution >= 0.6 is 22.9 Å². The van der Waals surface area contributed by atoms with Crippen LogP contribution in [0.2, 0.25) is 5.02 Å². The van der Waals surface area contributed by atoms with Crippen molar-refractivity contribution in [3.63, 3.8) is 0 Å². The number of nitrogens with one attached hydrogen (secondary N) is 4. The normalized spacial score (nSPS) is 21.9. The molecule has 0 unspecified atom stereocenters. The summed E-state index contributed by atoms with van der Waals surface area (Å²) in [6, 6.07) is 6.45. The Morgan fingerprint density at radius 1 is 1.16 bits per heavy atom. The highest BCUT2D eigenvalue weighted by Crippen LogP contribution is 2.28. The highest BCUT2D eigenvalue weighted by molar-refractivity contribution is 7.13. The average Bonchev–Trinajstić information content (AvgIpc) is 3.49. The maximum Gasteiger partial charge on any atom is 0.280 e. The molecule has 4 N–H and O–H groups in total. The minimum atomic E-state index is -0.403. The molecule has 0 spiro atoms. The fourth-order valence-corrected chi connectivity index (χ4v) is 6.45. The molecule has 5 rings (SSSR count). The van der Waals surface area contributed by atoms with E-state index in [-0.39, 0.29) is 29.7 Å². The van der Waals surface area contributed by atoms with Gasteiger partial charge in [0.05, 0.1) is 11.7 Å². The molecule has 37 heavy (non-hydrogen) atoms. The van der Waals surface area contributed by atoms with Gasteiger partial charge in [-0.2, -0.15) is 0 Å². The summed E-state index contributed by atoms with van der Waals surface area (Å²) in [5.41, 5.74) is 2.23. The van der Waals surface area contributed by atoms with Gasteiger partial charge in [0.25, 0.3) is 11.8 Å². The van der Waals surface area contributed by atoms with Gasteiger partial charge in [-0.1, -0.05) is 11.6 Å². The van der Waals surface area contributed by atoms with Gasteiger partial charge in [-0.25, -0.2) is 4.98 Å². The van der Waals surface area contributed by atoms with Crippen LogP contribution in [0.1, 0.15) is 57.0 Å². The number of likely N-dealkylation sites (N-methyl/N-ethyl adjacent to an activating group) is 1.